The Balaban J connectivity index is 2.99. The van der Waals surface area contributed by atoms with Crippen molar-refractivity contribution >= 4 is 34.2 Å². The van der Waals surface area contributed by atoms with E-state index in [2.05, 4.69) is 9.36 Å². The third kappa shape index (κ3) is 0.653. The van der Waals surface area contributed by atoms with Gasteiger partial charge in [0.1, 0.15) is 4.34 Å². The third-order valence-corrected chi connectivity index (χ3v) is 2.22. The average Bonchev–Trinajstić information content (AvgIpc) is 2.35. The zero-order valence-corrected chi connectivity index (χ0v) is 5.96. The summed E-state index contributed by atoms with van der Waals surface area (Å²) < 4.78 is 4.79. The zero-order chi connectivity index (χ0) is 6.27. The van der Waals surface area contributed by atoms with Gasteiger partial charge in [-0.2, -0.15) is 4.37 Å². The van der Waals surface area contributed by atoms with Crippen LogP contribution in [0.3, 0.4) is 0 Å². The molecule has 2 heterocycles. The summed E-state index contributed by atoms with van der Waals surface area (Å²) in [5.74, 6) is 0. The van der Waals surface area contributed by atoms with Crippen LogP contribution in [0.15, 0.2) is 12.3 Å². The highest BCUT2D eigenvalue weighted by Crippen LogP contribution is 2.25. The Kier molecular flexibility index (Phi) is 1.00. The van der Waals surface area contributed by atoms with E-state index in [-0.39, 0.29) is 0 Å². The van der Waals surface area contributed by atoms with Crippen LogP contribution in [0.25, 0.3) is 11.0 Å². The second-order valence-electron chi connectivity index (χ2n) is 1.70. The summed E-state index contributed by atoms with van der Waals surface area (Å²) in [5.41, 5.74) is 0.880. The number of halogens is 1. The van der Waals surface area contributed by atoms with Crippen molar-refractivity contribution in [3.8, 4) is 0 Å². The Morgan fingerprint density at radius 2 is 2.56 bits per heavy atom. The Bertz CT molecular complexity index is 324. The number of hydrogen-bond acceptors (Lipinski definition) is 2. The van der Waals surface area contributed by atoms with Gasteiger partial charge in [-0.1, -0.05) is 11.6 Å². The van der Waals surface area contributed by atoms with Crippen LogP contribution < -0.4 is 0 Å². The van der Waals surface area contributed by atoms with E-state index in [1.165, 1.54) is 11.5 Å². The first-order valence-corrected chi connectivity index (χ1v) is 3.61. The summed E-state index contributed by atoms with van der Waals surface area (Å²) >= 11 is 7.06. The molecular weight excluding hydrogens is 156 g/mol. The molecule has 2 aromatic rings. The van der Waals surface area contributed by atoms with Gasteiger partial charge in [0.2, 0.25) is 0 Å². The molecule has 46 valence electrons. The molecule has 4 heteroatoms. The maximum atomic E-state index is 5.75. The Morgan fingerprint density at radius 1 is 1.67 bits per heavy atom. The van der Waals surface area contributed by atoms with Crippen molar-refractivity contribution in [2.75, 3.05) is 0 Å². The van der Waals surface area contributed by atoms with Gasteiger partial charge in [0.05, 0.1) is 5.39 Å². The van der Waals surface area contributed by atoms with Crippen LogP contribution in [0.5, 0.6) is 0 Å². The standard InChI is InChI=1S/C5H3ClN2S/c6-4-3-1-2-7-5(3)8-9-4/h1-2H,(H,7,8). The van der Waals surface area contributed by atoms with Gasteiger partial charge in [-0.3, -0.25) is 0 Å². The molecule has 0 spiro atoms. The molecule has 0 saturated heterocycles. The van der Waals surface area contributed by atoms with E-state index in [0.717, 1.165) is 15.4 Å². The van der Waals surface area contributed by atoms with Gasteiger partial charge in [0.25, 0.3) is 0 Å². The normalized spacial score (nSPS) is 10.8. The second-order valence-corrected chi connectivity index (χ2v) is 3.07. The van der Waals surface area contributed by atoms with Crippen molar-refractivity contribution in [2.24, 2.45) is 0 Å². The number of fused-ring (bicyclic) bond motifs is 1. The molecule has 9 heavy (non-hydrogen) atoms. The number of nitrogens with zero attached hydrogens (tertiary/aromatic N) is 1. The van der Waals surface area contributed by atoms with Crippen molar-refractivity contribution in [1.82, 2.24) is 9.36 Å². The Labute approximate surface area is 60.6 Å². The highest BCUT2D eigenvalue weighted by atomic mass is 35.5. The number of hydrogen-bond donors (Lipinski definition) is 1. The summed E-state index contributed by atoms with van der Waals surface area (Å²) in [6, 6.07) is 1.92. The van der Waals surface area contributed by atoms with Crippen LogP contribution in [-0.2, 0) is 0 Å². The van der Waals surface area contributed by atoms with E-state index in [1.807, 2.05) is 12.3 Å². The van der Waals surface area contributed by atoms with Gasteiger partial charge in [-0.15, -0.1) is 0 Å². The van der Waals surface area contributed by atoms with Gasteiger partial charge in [-0.25, -0.2) is 0 Å². The maximum absolute atomic E-state index is 5.75. The minimum Gasteiger partial charge on any atom is -0.345 e. The molecule has 0 unspecified atom stereocenters. The number of rotatable bonds is 0. The van der Waals surface area contributed by atoms with Crippen LogP contribution in [-0.4, -0.2) is 9.36 Å². The number of aromatic amines is 1. The predicted molar refractivity (Wildman–Crippen MR) is 39.0 cm³/mol. The summed E-state index contributed by atoms with van der Waals surface area (Å²) in [7, 11) is 0. The third-order valence-electron chi connectivity index (χ3n) is 1.15. The van der Waals surface area contributed by atoms with Crippen LogP contribution >= 0.6 is 23.1 Å². The van der Waals surface area contributed by atoms with E-state index >= 15 is 0 Å². The lowest BCUT2D eigenvalue weighted by Gasteiger charge is -1.69. The van der Waals surface area contributed by atoms with Crippen LogP contribution in [0, 0.1) is 0 Å². The summed E-state index contributed by atoms with van der Waals surface area (Å²) in [6.07, 6.45) is 1.83. The first-order chi connectivity index (χ1) is 4.38. The molecular formula is C5H3ClN2S. The molecule has 0 bridgehead atoms. The summed E-state index contributed by atoms with van der Waals surface area (Å²) in [5, 5.41) is 1.02. The van der Waals surface area contributed by atoms with Crippen molar-refractivity contribution in [1.29, 1.82) is 0 Å². The van der Waals surface area contributed by atoms with Crippen molar-refractivity contribution in [2.45, 2.75) is 0 Å². The number of H-pyrrole nitrogens is 1. The highest BCUT2D eigenvalue weighted by molar-refractivity contribution is 7.12. The maximum Gasteiger partial charge on any atom is 0.152 e. The summed E-state index contributed by atoms with van der Waals surface area (Å²) in [6.45, 7) is 0. The van der Waals surface area contributed by atoms with Crippen LogP contribution in [0.4, 0.5) is 0 Å². The molecule has 2 nitrogen and oxygen atoms in total. The Hall–Kier alpha value is -0.540. The molecule has 0 radical (unpaired) electrons. The minimum atomic E-state index is 0.756. The molecule has 1 N–H and O–H groups in total. The fourth-order valence-corrected chi connectivity index (χ4v) is 1.57. The zero-order valence-electron chi connectivity index (χ0n) is 4.39. The van der Waals surface area contributed by atoms with Crippen molar-refractivity contribution in [3.63, 3.8) is 0 Å². The minimum absolute atomic E-state index is 0.756. The smallest absolute Gasteiger partial charge is 0.152 e. The highest BCUT2D eigenvalue weighted by Gasteiger charge is 2.01. The monoisotopic (exact) mass is 158 g/mol. The quantitative estimate of drug-likeness (QED) is 0.626. The van der Waals surface area contributed by atoms with E-state index in [1.54, 1.807) is 0 Å². The largest absolute Gasteiger partial charge is 0.345 e. The van der Waals surface area contributed by atoms with E-state index in [0.29, 0.717) is 0 Å². The van der Waals surface area contributed by atoms with Gasteiger partial charge >= 0.3 is 0 Å². The number of nitrogens with one attached hydrogen (secondary N) is 1. The second kappa shape index (κ2) is 1.72. The average molecular weight is 159 g/mol. The fraction of sp³-hybridized carbons (Fsp3) is 0. The van der Waals surface area contributed by atoms with Gasteiger partial charge in [-0.05, 0) is 17.6 Å². The first kappa shape index (κ1) is 5.26. The van der Waals surface area contributed by atoms with Gasteiger partial charge in [0.15, 0.2) is 5.65 Å². The lowest BCUT2D eigenvalue weighted by molar-refractivity contribution is 1.42. The lowest BCUT2D eigenvalue weighted by atomic mass is 10.5. The molecule has 0 amide bonds. The van der Waals surface area contributed by atoms with Crippen LogP contribution in [0.2, 0.25) is 4.34 Å². The summed E-state index contributed by atoms with van der Waals surface area (Å²) in [4.78, 5) is 2.96. The SMILES string of the molecule is Clc1snc2[nH]ccc12. The van der Waals surface area contributed by atoms with E-state index in [4.69, 9.17) is 11.6 Å². The van der Waals surface area contributed by atoms with Crippen molar-refractivity contribution < 1.29 is 0 Å². The first-order valence-electron chi connectivity index (χ1n) is 2.46. The molecule has 0 aromatic carbocycles. The number of aromatic nitrogens is 2. The van der Waals surface area contributed by atoms with Crippen molar-refractivity contribution in [3.05, 3.63) is 16.6 Å². The fourth-order valence-electron chi connectivity index (χ4n) is 0.730. The van der Waals surface area contributed by atoms with Crippen LogP contribution in [0.1, 0.15) is 0 Å². The van der Waals surface area contributed by atoms with E-state index < -0.39 is 0 Å². The van der Waals surface area contributed by atoms with E-state index in [9.17, 15) is 0 Å². The molecule has 0 aliphatic carbocycles. The molecule has 0 fully saturated rings. The lowest BCUT2D eigenvalue weighted by Crippen LogP contribution is -1.57. The Morgan fingerprint density at radius 3 is 3.33 bits per heavy atom. The van der Waals surface area contributed by atoms with Gasteiger partial charge in [0, 0.05) is 6.20 Å². The molecule has 2 rings (SSSR count). The molecule has 0 atom stereocenters. The molecule has 0 aliphatic rings. The molecule has 2 aromatic heterocycles. The van der Waals surface area contributed by atoms with Gasteiger partial charge < -0.3 is 4.98 Å². The molecule has 0 saturated carbocycles. The molecule has 0 aliphatic heterocycles. The predicted octanol–water partition coefficient (Wildman–Crippen LogP) is 2.28. The topological polar surface area (TPSA) is 28.7 Å².